The molecule has 0 aromatic heterocycles. The highest BCUT2D eigenvalue weighted by Crippen LogP contribution is 2.32. The Labute approximate surface area is 156 Å². The van der Waals surface area contributed by atoms with Gasteiger partial charge in [-0.05, 0) is 56.5 Å². The molecule has 25 heavy (non-hydrogen) atoms. The van der Waals surface area contributed by atoms with Crippen molar-refractivity contribution in [1.82, 2.24) is 9.62 Å². The number of anilines is 1. The Morgan fingerprint density at radius 2 is 2.08 bits per heavy atom. The normalized spacial score (nSPS) is 20.9. The highest BCUT2D eigenvalue weighted by atomic mass is 35.5. The summed E-state index contributed by atoms with van der Waals surface area (Å²) < 4.78 is 27.6. The zero-order valence-corrected chi connectivity index (χ0v) is 16.3. The average molecular weight is 388 g/mol. The Bertz CT molecular complexity index is 737. The standard InChI is InChI=1S/C17H25N3O3S.ClH/c1-13(21)20-9-7-15-5-6-16(10-17(15)20)24(22,23)19-8-3-4-14(12-19)11-18-2;/h5-6,10,14,18H,3-4,7-9,11-12H2,1-2H3;1H. The van der Waals surface area contributed by atoms with Crippen LogP contribution in [0.1, 0.15) is 25.3 Å². The number of rotatable bonds is 4. The molecule has 0 saturated carbocycles. The van der Waals surface area contributed by atoms with E-state index in [0.29, 0.717) is 30.4 Å². The van der Waals surface area contributed by atoms with Crippen LogP contribution in [-0.2, 0) is 21.2 Å². The van der Waals surface area contributed by atoms with E-state index in [0.717, 1.165) is 37.1 Å². The second-order valence-electron chi connectivity index (χ2n) is 6.64. The number of halogens is 1. The van der Waals surface area contributed by atoms with Crippen molar-refractivity contribution in [2.75, 3.05) is 38.1 Å². The second-order valence-corrected chi connectivity index (χ2v) is 8.58. The third-order valence-corrected chi connectivity index (χ3v) is 6.81. The van der Waals surface area contributed by atoms with E-state index in [9.17, 15) is 13.2 Å². The van der Waals surface area contributed by atoms with E-state index < -0.39 is 10.0 Å². The summed E-state index contributed by atoms with van der Waals surface area (Å²) in [6.07, 6.45) is 2.72. The van der Waals surface area contributed by atoms with Crippen molar-refractivity contribution in [2.24, 2.45) is 5.92 Å². The van der Waals surface area contributed by atoms with Gasteiger partial charge in [0.05, 0.1) is 4.90 Å². The number of nitrogens with one attached hydrogen (secondary N) is 1. The van der Waals surface area contributed by atoms with E-state index in [2.05, 4.69) is 5.32 Å². The molecular formula is C17H26ClN3O3S. The molecule has 0 spiro atoms. The maximum Gasteiger partial charge on any atom is 0.243 e. The quantitative estimate of drug-likeness (QED) is 0.852. The zero-order chi connectivity index (χ0) is 17.3. The van der Waals surface area contributed by atoms with Crippen LogP contribution in [0, 0.1) is 5.92 Å². The lowest BCUT2D eigenvalue weighted by atomic mass is 10.00. The van der Waals surface area contributed by atoms with Crippen molar-refractivity contribution in [3.8, 4) is 0 Å². The lowest BCUT2D eigenvalue weighted by Gasteiger charge is -2.32. The molecule has 1 saturated heterocycles. The van der Waals surface area contributed by atoms with Gasteiger partial charge in [0.25, 0.3) is 0 Å². The predicted molar refractivity (Wildman–Crippen MR) is 101 cm³/mol. The SMILES string of the molecule is CNCC1CCCN(S(=O)(=O)c2ccc3c(c2)N(C(C)=O)CC3)C1.Cl. The Balaban J connectivity index is 0.00000225. The van der Waals surface area contributed by atoms with Crippen LogP contribution < -0.4 is 10.2 Å². The van der Waals surface area contributed by atoms with Gasteiger partial charge < -0.3 is 10.2 Å². The Hall–Kier alpha value is -1.15. The fourth-order valence-corrected chi connectivity index (χ4v) is 5.27. The van der Waals surface area contributed by atoms with Crippen LogP contribution in [0.5, 0.6) is 0 Å². The molecule has 3 rings (SSSR count). The summed E-state index contributed by atoms with van der Waals surface area (Å²) in [6, 6.07) is 5.19. The van der Waals surface area contributed by atoms with Gasteiger partial charge in [0.2, 0.25) is 15.9 Å². The molecule has 0 radical (unpaired) electrons. The van der Waals surface area contributed by atoms with Crippen LogP contribution in [-0.4, -0.2) is 51.9 Å². The van der Waals surface area contributed by atoms with Gasteiger partial charge in [0, 0.05) is 32.2 Å². The molecule has 1 unspecified atom stereocenters. The molecule has 6 nitrogen and oxygen atoms in total. The predicted octanol–water partition coefficient (Wildman–Crippen LogP) is 1.64. The van der Waals surface area contributed by atoms with Gasteiger partial charge in [-0.1, -0.05) is 6.07 Å². The third-order valence-electron chi connectivity index (χ3n) is 4.94. The first kappa shape index (κ1) is 20.2. The first-order valence-corrected chi connectivity index (χ1v) is 9.93. The van der Waals surface area contributed by atoms with Gasteiger partial charge in [-0.25, -0.2) is 8.42 Å². The number of carbonyl (C=O) groups is 1. The molecule has 1 fully saturated rings. The minimum Gasteiger partial charge on any atom is -0.319 e. The van der Waals surface area contributed by atoms with Crippen molar-refractivity contribution in [3.05, 3.63) is 23.8 Å². The number of benzene rings is 1. The monoisotopic (exact) mass is 387 g/mol. The lowest BCUT2D eigenvalue weighted by molar-refractivity contribution is -0.116. The molecule has 1 amide bonds. The van der Waals surface area contributed by atoms with Crippen molar-refractivity contribution < 1.29 is 13.2 Å². The van der Waals surface area contributed by atoms with E-state index in [1.807, 2.05) is 13.1 Å². The largest absolute Gasteiger partial charge is 0.319 e. The summed E-state index contributed by atoms with van der Waals surface area (Å²) in [4.78, 5) is 13.7. The summed E-state index contributed by atoms with van der Waals surface area (Å²) in [7, 11) is -1.62. The van der Waals surface area contributed by atoms with E-state index in [1.54, 1.807) is 21.3 Å². The van der Waals surface area contributed by atoms with Gasteiger partial charge in [-0.15, -0.1) is 12.4 Å². The summed E-state index contributed by atoms with van der Waals surface area (Å²) in [6.45, 7) is 4.09. The van der Waals surface area contributed by atoms with E-state index in [-0.39, 0.29) is 18.3 Å². The number of sulfonamides is 1. The number of piperidine rings is 1. The molecule has 1 aromatic carbocycles. The molecular weight excluding hydrogens is 362 g/mol. The fraction of sp³-hybridized carbons (Fsp3) is 0.588. The van der Waals surface area contributed by atoms with Crippen molar-refractivity contribution in [3.63, 3.8) is 0 Å². The van der Waals surface area contributed by atoms with E-state index in [1.165, 1.54) is 6.92 Å². The number of nitrogens with zero attached hydrogens (tertiary/aromatic N) is 2. The van der Waals surface area contributed by atoms with Crippen LogP contribution in [0.25, 0.3) is 0 Å². The van der Waals surface area contributed by atoms with Gasteiger partial charge in [0.15, 0.2) is 0 Å². The molecule has 2 heterocycles. The van der Waals surface area contributed by atoms with Gasteiger partial charge in [-0.2, -0.15) is 4.31 Å². The number of carbonyl (C=O) groups excluding carboxylic acids is 1. The van der Waals surface area contributed by atoms with Gasteiger partial charge >= 0.3 is 0 Å². The zero-order valence-electron chi connectivity index (χ0n) is 14.7. The first-order valence-electron chi connectivity index (χ1n) is 8.49. The summed E-state index contributed by atoms with van der Waals surface area (Å²) in [5.74, 6) is 0.303. The third kappa shape index (κ3) is 4.00. The number of hydrogen-bond donors (Lipinski definition) is 1. The van der Waals surface area contributed by atoms with Crippen LogP contribution in [0.2, 0.25) is 0 Å². The van der Waals surface area contributed by atoms with Crippen LogP contribution >= 0.6 is 12.4 Å². The maximum absolute atomic E-state index is 13.0. The molecule has 0 aliphatic carbocycles. The molecule has 2 aliphatic heterocycles. The van der Waals surface area contributed by atoms with Crippen molar-refractivity contribution in [2.45, 2.75) is 31.1 Å². The van der Waals surface area contributed by atoms with Crippen LogP contribution in [0.4, 0.5) is 5.69 Å². The van der Waals surface area contributed by atoms with Gasteiger partial charge in [-0.3, -0.25) is 4.79 Å². The molecule has 140 valence electrons. The molecule has 2 aliphatic rings. The summed E-state index contributed by atoms with van der Waals surface area (Å²) in [5.41, 5.74) is 1.78. The van der Waals surface area contributed by atoms with E-state index in [4.69, 9.17) is 0 Å². The lowest BCUT2D eigenvalue weighted by Crippen LogP contribution is -2.42. The van der Waals surface area contributed by atoms with Crippen molar-refractivity contribution >= 4 is 34.0 Å². The highest BCUT2D eigenvalue weighted by molar-refractivity contribution is 7.89. The molecule has 1 aromatic rings. The molecule has 0 bridgehead atoms. The summed E-state index contributed by atoms with van der Waals surface area (Å²) >= 11 is 0. The minimum absolute atomic E-state index is 0. The summed E-state index contributed by atoms with van der Waals surface area (Å²) in [5, 5.41) is 3.14. The second kappa shape index (κ2) is 8.03. The first-order chi connectivity index (χ1) is 11.4. The van der Waals surface area contributed by atoms with Crippen LogP contribution in [0.15, 0.2) is 23.1 Å². The van der Waals surface area contributed by atoms with Crippen molar-refractivity contribution in [1.29, 1.82) is 0 Å². The smallest absolute Gasteiger partial charge is 0.243 e. The number of hydrogen-bond acceptors (Lipinski definition) is 4. The number of amides is 1. The topological polar surface area (TPSA) is 69.7 Å². The number of fused-ring (bicyclic) bond motifs is 1. The van der Waals surface area contributed by atoms with Gasteiger partial charge in [0.1, 0.15) is 0 Å². The maximum atomic E-state index is 13.0. The Morgan fingerprint density at radius 1 is 1.32 bits per heavy atom. The average Bonchev–Trinajstić information content (AvgIpc) is 2.98. The fourth-order valence-electron chi connectivity index (χ4n) is 3.70. The highest BCUT2D eigenvalue weighted by Gasteiger charge is 2.32. The minimum atomic E-state index is -3.52. The molecule has 1 N–H and O–H groups in total. The molecule has 1 atom stereocenters. The Morgan fingerprint density at radius 3 is 2.76 bits per heavy atom. The molecule has 8 heteroatoms. The van der Waals surface area contributed by atoms with E-state index >= 15 is 0 Å². The Kier molecular flexibility index (Phi) is 6.48. The van der Waals surface area contributed by atoms with Crippen LogP contribution in [0.3, 0.4) is 0 Å².